The van der Waals surface area contributed by atoms with Crippen LogP contribution in [0.4, 0.5) is 0 Å². The molecule has 1 atom stereocenters. The summed E-state index contributed by atoms with van der Waals surface area (Å²) in [5.74, 6) is 1.84. The fourth-order valence-corrected chi connectivity index (χ4v) is 2.45. The van der Waals surface area contributed by atoms with Crippen molar-refractivity contribution in [2.75, 3.05) is 6.54 Å². The largest absolute Gasteiger partial charge is 0.312 e. The number of aryl methyl sites for hydroxylation is 1. The molecule has 0 heterocycles. The van der Waals surface area contributed by atoms with Crippen molar-refractivity contribution >= 4 is 15.9 Å². The molecule has 2 heteroatoms. The predicted octanol–water partition coefficient (Wildman–Crippen LogP) is 3.89. The highest BCUT2D eigenvalue weighted by molar-refractivity contribution is 9.10. The van der Waals surface area contributed by atoms with E-state index < -0.39 is 0 Å². The lowest BCUT2D eigenvalue weighted by Crippen LogP contribution is -2.21. The number of halogens is 1. The highest BCUT2D eigenvalue weighted by atomic mass is 79.9. The van der Waals surface area contributed by atoms with Crippen LogP contribution >= 0.6 is 15.9 Å². The molecule has 1 nitrogen and oxygen atoms in total. The van der Waals surface area contributed by atoms with Crippen LogP contribution in [-0.2, 0) is 6.54 Å². The summed E-state index contributed by atoms with van der Waals surface area (Å²) in [6.07, 6.45) is 2.89. The zero-order valence-corrected chi connectivity index (χ0v) is 11.7. The molecule has 1 aliphatic carbocycles. The van der Waals surface area contributed by atoms with Gasteiger partial charge in [0.05, 0.1) is 0 Å². The first kappa shape index (κ1) is 12.1. The van der Waals surface area contributed by atoms with Crippen molar-refractivity contribution < 1.29 is 0 Å². The number of hydrogen-bond acceptors (Lipinski definition) is 1. The van der Waals surface area contributed by atoms with Crippen molar-refractivity contribution in [3.05, 3.63) is 33.8 Å². The van der Waals surface area contributed by atoms with Crippen LogP contribution in [0.15, 0.2) is 22.7 Å². The molecule has 1 unspecified atom stereocenters. The van der Waals surface area contributed by atoms with Crippen LogP contribution in [0.1, 0.15) is 30.9 Å². The maximum absolute atomic E-state index is 3.57. The van der Waals surface area contributed by atoms with Crippen LogP contribution in [-0.4, -0.2) is 6.54 Å². The van der Waals surface area contributed by atoms with Gasteiger partial charge < -0.3 is 5.32 Å². The molecule has 0 aromatic heterocycles. The van der Waals surface area contributed by atoms with Crippen molar-refractivity contribution in [2.24, 2.45) is 11.8 Å². The lowest BCUT2D eigenvalue weighted by molar-refractivity contribution is 0.461. The second-order valence-corrected chi connectivity index (χ2v) is 5.88. The van der Waals surface area contributed by atoms with Gasteiger partial charge in [-0.15, -0.1) is 0 Å². The Kier molecular flexibility index (Phi) is 4.04. The molecule has 1 saturated carbocycles. The van der Waals surface area contributed by atoms with E-state index in [1.54, 1.807) is 0 Å². The zero-order chi connectivity index (χ0) is 11.5. The van der Waals surface area contributed by atoms with E-state index in [0.29, 0.717) is 0 Å². The van der Waals surface area contributed by atoms with Gasteiger partial charge in [-0.25, -0.2) is 0 Å². The maximum Gasteiger partial charge on any atom is 0.0207 e. The Morgan fingerprint density at radius 1 is 1.44 bits per heavy atom. The second-order valence-electron chi connectivity index (χ2n) is 5.03. The van der Waals surface area contributed by atoms with Gasteiger partial charge in [0.1, 0.15) is 0 Å². The first-order chi connectivity index (χ1) is 7.66. The van der Waals surface area contributed by atoms with E-state index in [1.807, 2.05) is 0 Å². The monoisotopic (exact) mass is 281 g/mol. The molecule has 0 saturated heterocycles. The van der Waals surface area contributed by atoms with E-state index in [4.69, 9.17) is 0 Å². The third-order valence-electron chi connectivity index (χ3n) is 3.46. The Labute approximate surface area is 107 Å². The van der Waals surface area contributed by atoms with Gasteiger partial charge in [0.2, 0.25) is 0 Å². The van der Waals surface area contributed by atoms with Gasteiger partial charge in [0.15, 0.2) is 0 Å². The van der Waals surface area contributed by atoms with E-state index in [-0.39, 0.29) is 0 Å². The molecule has 0 spiro atoms. The summed E-state index contributed by atoms with van der Waals surface area (Å²) in [6.45, 7) is 6.61. The standard InChI is InChI=1S/C14H20BrN/c1-10-3-4-12(7-14(10)15)9-16-8-11(2)13-5-6-13/h3-4,7,11,13,16H,5-6,8-9H2,1-2H3. The summed E-state index contributed by atoms with van der Waals surface area (Å²) in [4.78, 5) is 0. The second kappa shape index (κ2) is 5.33. The van der Waals surface area contributed by atoms with Crippen LogP contribution in [0.25, 0.3) is 0 Å². The van der Waals surface area contributed by atoms with Gasteiger partial charge in [-0.05, 0) is 55.3 Å². The first-order valence-corrected chi connectivity index (χ1v) is 6.92. The third-order valence-corrected chi connectivity index (χ3v) is 4.31. The average Bonchev–Trinajstić information content (AvgIpc) is 3.07. The van der Waals surface area contributed by atoms with Gasteiger partial charge in [-0.1, -0.05) is 35.0 Å². The highest BCUT2D eigenvalue weighted by Gasteiger charge is 2.27. The lowest BCUT2D eigenvalue weighted by Gasteiger charge is -2.11. The van der Waals surface area contributed by atoms with E-state index in [0.717, 1.165) is 24.9 Å². The van der Waals surface area contributed by atoms with Gasteiger partial charge in [-0.3, -0.25) is 0 Å². The van der Waals surface area contributed by atoms with Crippen LogP contribution in [0.2, 0.25) is 0 Å². The van der Waals surface area contributed by atoms with Crippen LogP contribution in [0.3, 0.4) is 0 Å². The minimum absolute atomic E-state index is 0.842. The molecule has 0 aliphatic heterocycles. The number of benzene rings is 1. The molecular weight excluding hydrogens is 262 g/mol. The van der Waals surface area contributed by atoms with Gasteiger partial charge in [0, 0.05) is 11.0 Å². The van der Waals surface area contributed by atoms with Gasteiger partial charge in [0.25, 0.3) is 0 Å². The first-order valence-electron chi connectivity index (χ1n) is 6.12. The van der Waals surface area contributed by atoms with Crippen LogP contribution in [0, 0.1) is 18.8 Å². The number of rotatable bonds is 5. The lowest BCUT2D eigenvalue weighted by atomic mass is 10.1. The molecule has 0 bridgehead atoms. The Bertz CT molecular complexity index is 358. The third kappa shape index (κ3) is 3.33. The van der Waals surface area contributed by atoms with Crippen molar-refractivity contribution in [3.8, 4) is 0 Å². The minimum Gasteiger partial charge on any atom is -0.312 e. The molecule has 0 radical (unpaired) electrons. The minimum atomic E-state index is 0.842. The Morgan fingerprint density at radius 3 is 2.81 bits per heavy atom. The molecule has 1 fully saturated rings. The molecule has 0 amide bonds. The fraction of sp³-hybridized carbons (Fsp3) is 0.571. The normalized spacial score (nSPS) is 17.4. The summed E-state index contributed by atoms with van der Waals surface area (Å²) in [5.41, 5.74) is 2.66. The van der Waals surface area contributed by atoms with E-state index in [2.05, 4.69) is 53.3 Å². The Balaban J connectivity index is 1.78. The Hall–Kier alpha value is -0.340. The number of hydrogen-bond donors (Lipinski definition) is 1. The summed E-state index contributed by atoms with van der Waals surface area (Å²) in [6, 6.07) is 6.59. The maximum atomic E-state index is 3.57. The highest BCUT2D eigenvalue weighted by Crippen LogP contribution is 2.36. The smallest absolute Gasteiger partial charge is 0.0207 e. The summed E-state index contributed by atoms with van der Waals surface area (Å²) >= 11 is 3.57. The van der Waals surface area contributed by atoms with Crippen molar-refractivity contribution in [2.45, 2.75) is 33.2 Å². The molecule has 16 heavy (non-hydrogen) atoms. The molecular formula is C14H20BrN. The van der Waals surface area contributed by atoms with E-state index in [1.165, 1.54) is 28.4 Å². The van der Waals surface area contributed by atoms with Crippen molar-refractivity contribution in [1.29, 1.82) is 0 Å². The summed E-state index contributed by atoms with van der Waals surface area (Å²) < 4.78 is 1.21. The van der Waals surface area contributed by atoms with E-state index in [9.17, 15) is 0 Å². The van der Waals surface area contributed by atoms with Gasteiger partial charge >= 0.3 is 0 Å². The van der Waals surface area contributed by atoms with Crippen molar-refractivity contribution in [1.82, 2.24) is 5.32 Å². The SMILES string of the molecule is Cc1ccc(CNCC(C)C2CC2)cc1Br. The summed E-state index contributed by atoms with van der Waals surface area (Å²) in [7, 11) is 0. The van der Waals surface area contributed by atoms with Crippen LogP contribution < -0.4 is 5.32 Å². The number of nitrogens with one attached hydrogen (secondary N) is 1. The molecule has 2 rings (SSSR count). The fourth-order valence-electron chi connectivity index (χ4n) is 2.02. The molecule has 88 valence electrons. The average molecular weight is 282 g/mol. The zero-order valence-electron chi connectivity index (χ0n) is 10.1. The quantitative estimate of drug-likeness (QED) is 0.863. The summed E-state index contributed by atoms with van der Waals surface area (Å²) in [5, 5.41) is 3.55. The predicted molar refractivity (Wildman–Crippen MR) is 72.5 cm³/mol. The molecule has 1 aliphatic rings. The van der Waals surface area contributed by atoms with Crippen LogP contribution in [0.5, 0.6) is 0 Å². The molecule has 1 N–H and O–H groups in total. The molecule has 1 aromatic carbocycles. The Morgan fingerprint density at radius 2 is 2.19 bits per heavy atom. The van der Waals surface area contributed by atoms with Crippen molar-refractivity contribution in [3.63, 3.8) is 0 Å². The van der Waals surface area contributed by atoms with E-state index >= 15 is 0 Å². The van der Waals surface area contributed by atoms with Gasteiger partial charge in [-0.2, -0.15) is 0 Å². The molecule has 1 aromatic rings. The topological polar surface area (TPSA) is 12.0 Å².